The predicted octanol–water partition coefficient (Wildman–Crippen LogP) is 3.49. The van der Waals surface area contributed by atoms with Crippen molar-refractivity contribution in [3.8, 4) is 11.5 Å². The molecule has 2 rings (SSSR count). The molecule has 1 heterocycles. The lowest BCUT2D eigenvalue weighted by Crippen LogP contribution is -2.21. The molecule has 0 aliphatic carbocycles. The lowest BCUT2D eigenvalue weighted by Gasteiger charge is -2.14. The monoisotopic (exact) mass is 373 g/mol. The summed E-state index contributed by atoms with van der Waals surface area (Å²) in [6.45, 7) is 0. The number of ether oxygens (including phenoxy) is 2. The predicted molar refractivity (Wildman–Crippen MR) is 86.3 cm³/mol. The Balaban J connectivity index is 2.39. The number of rotatable bonds is 5. The summed E-state index contributed by atoms with van der Waals surface area (Å²) in [6, 6.07) is 4.49. The van der Waals surface area contributed by atoms with Crippen LogP contribution in [0.3, 0.4) is 0 Å². The van der Waals surface area contributed by atoms with Gasteiger partial charge in [-0.3, -0.25) is 4.79 Å². The van der Waals surface area contributed by atoms with Gasteiger partial charge in [-0.1, -0.05) is 11.8 Å². The third-order valence-corrected chi connectivity index (χ3v) is 3.68. The first-order valence-electron chi connectivity index (χ1n) is 6.81. The van der Waals surface area contributed by atoms with Crippen molar-refractivity contribution in [2.75, 3.05) is 25.8 Å². The summed E-state index contributed by atoms with van der Waals surface area (Å²) in [4.78, 5) is 19.5. The van der Waals surface area contributed by atoms with Gasteiger partial charge < -0.3 is 14.8 Å². The van der Waals surface area contributed by atoms with E-state index in [2.05, 4.69) is 15.3 Å². The van der Waals surface area contributed by atoms with Gasteiger partial charge in [0.1, 0.15) is 11.5 Å². The number of hydrogen-bond donors (Lipinski definition) is 1. The van der Waals surface area contributed by atoms with Crippen molar-refractivity contribution >= 4 is 23.4 Å². The lowest BCUT2D eigenvalue weighted by atomic mass is 10.2. The Morgan fingerprint density at radius 2 is 1.96 bits per heavy atom. The quantitative estimate of drug-likeness (QED) is 0.639. The molecule has 1 aromatic heterocycles. The average molecular weight is 373 g/mol. The molecule has 0 bridgehead atoms. The number of nitrogens with zero attached hydrogens (tertiary/aromatic N) is 2. The maximum absolute atomic E-state index is 13.2. The van der Waals surface area contributed by atoms with E-state index >= 15 is 0 Å². The van der Waals surface area contributed by atoms with E-state index < -0.39 is 23.3 Å². The fraction of sp³-hybridized carbons (Fsp3) is 0.267. The number of thioether (sulfide) groups is 1. The zero-order valence-corrected chi connectivity index (χ0v) is 14.3. The number of methoxy groups -OCH3 is 2. The van der Waals surface area contributed by atoms with Crippen LogP contribution >= 0.6 is 11.8 Å². The summed E-state index contributed by atoms with van der Waals surface area (Å²) in [6.07, 6.45) is -2.39. The number of amides is 1. The van der Waals surface area contributed by atoms with Crippen LogP contribution in [0.25, 0.3) is 0 Å². The van der Waals surface area contributed by atoms with Crippen LogP contribution in [0.4, 0.5) is 18.9 Å². The van der Waals surface area contributed by atoms with Crippen LogP contribution in [0, 0.1) is 0 Å². The fourth-order valence-corrected chi connectivity index (χ4v) is 2.28. The normalized spacial score (nSPS) is 11.1. The van der Waals surface area contributed by atoms with Gasteiger partial charge in [0, 0.05) is 12.3 Å². The third kappa shape index (κ3) is 4.32. The Morgan fingerprint density at radius 3 is 2.52 bits per heavy atom. The zero-order valence-electron chi connectivity index (χ0n) is 13.5. The standard InChI is InChI=1S/C15H14F3N3O3S/c1-23-8-4-5-10(11(6-8)24-2)20-13(22)9-7-19-14(25-3)21-12(9)15(16,17)18/h4-7H,1-3H3,(H,20,22). The first-order chi connectivity index (χ1) is 11.8. The number of nitrogens with one attached hydrogen (secondary N) is 1. The minimum absolute atomic E-state index is 0.0779. The molecule has 1 amide bonds. The Labute approximate surface area is 145 Å². The second-order valence-electron chi connectivity index (χ2n) is 4.64. The number of halogens is 3. The van der Waals surface area contributed by atoms with E-state index in [4.69, 9.17) is 9.47 Å². The summed E-state index contributed by atoms with van der Waals surface area (Å²) in [7, 11) is 2.81. The first kappa shape index (κ1) is 18.8. The molecule has 25 heavy (non-hydrogen) atoms. The maximum Gasteiger partial charge on any atom is 0.434 e. The van der Waals surface area contributed by atoms with Crippen molar-refractivity contribution in [1.82, 2.24) is 9.97 Å². The van der Waals surface area contributed by atoms with Gasteiger partial charge in [0.2, 0.25) is 0 Å². The summed E-state index contributed by atoms with van der Waals surface area (Å²) in [5.41, 5.74) is -1.78. The van der Waals surface area contributed by atoms with E-state index in [0.717, 1.165) is 18.0 Å². The molecule has 0 aliphatic rings. The molecule has 0 atom stereocenters. The van der Waals surface area contributed by atoms with Gasteiger partial charge in [-0.2, -0.15) is 13.2 Å². The van der Waals surface area contributed by atoms with Crippen LogP contribution < -0.4 is 14.8 Å². The van der Waals surface area contributed by atoms with Crippen molar-refractivity contribution in [3.05, 3.63) is 35.7 Å². The molecular weight excluding hydrogens is 359 g/mol. The Bertz CT molecular complexity index is 784. The average Bonchev–Trinajstić information content (AvgIpc) is 2.60. The van der Waals surface area contributed by atoms with Crippen molar-refractivity contribution in [3.63, 3.8) is 0 Å². The lowest BCUT2D eigenvalue weighted by molar-refractivity contribution is -0.142. The van der Waals surface area contributed by atoms with Gasteiger partial charge in [-0.05, 0) is 18.4 Å². The van der Waals surface area contributed by atoms with Crippen LogP contribution in [-0.4, -0.2) is 36.4 Å². The second-order valence-corrected chi connectivity index (χ2v) is 5.41. The Hall–Kier alpha value is -2.49. The van der Waals surface area contributed by atoms with E-state index in [9.17, 15) is 18.0 Å². The number of anilines is 1. The third-order valence-electron chi connectivity index (χ3n) is 3.12. The molecule has 0 spiro atoms. The van der Waals surface area contributed by atoms with E-state index in [0.29, 0.717) is 5.75 Å². The molecule has 2 aromatic rings. The minimum atomic E-state index is -4.79. The van der Waals surface area contributed by atoms with Crippen LogP contribution in [0.1, 0.15) is 16.1 Å². The molecule has 0 aliphatic heterocycles. The smallest absolute Gasteiger partial charge is 0.434 e. The number of hydrogen-bond acceptors (Lipinski definition) is 6. The highest BCUT2D eigenvalue weighted by Gasteiger charge is 2.38. The van der Waals surface area contributed by atoms with Crippen LogP contribution in [-0.2, 0) is 6.18 Å². The summed E-state index contributed by atoms with van der Waals surface area (Å²) in [5.74, 6) is -0.287. The van der Waals surface area contributed by atoms with Crippen molar-refractivity contribution < 1.29 is 27.4 Å². The summed E-state index contributed by atoms with van der Waals surface area (Å²) in [5, 5.41) is 2.29. The zero-order chi connectivity index (χ0) is 18.6. The largest absolute Gasteiger partial charge is 0.497 e. The SMILES string of the molecule is COc1ccc(NC(=O)c2cnc(SC)nc2C(F)(F)F)c(OC)c1. The highest BCUT2D eigenvalue weighted by Crippen LogP contribution is 2.33. The van der Waals surface area contributed by atoms with E-state index in [1.807, 2.05) is 0 Å². The number of benzene rings is 1. The van der Waals surface area contributed by atoms with E-state index in [1.54, 1.807) is 0 Å². The minimum Gasteiger partial charge on any atom is -0.497 e. The number of carbonyl (C=O) groups is 1. The Kier molecular flexibility index (Phi) is 5.73. The molecule has 0 saturated heterocycles. The van der Waals surface area contributed by atoms with Crippen LogP contribution in [0.5, 0.6) is 11.5 Å². The van der Waals surface area contributed by atoms with Crippen LogP contribution in [0.15, 0.2) is 29.6 Å². The second kappa shape index (κ2) is 7.60. The topological polar surface area (TPSA) is 73.3 Å². The molecule has 1 N–H and O–H groups in total. The molecule has 1 aromatic carbocycles. The van der Waals surface area contributed by atoms with Crippen molar-refractivity contribution in [2.24, 2.45) is 0 Å². The maximum atomic E-state index is 13.2. The van der Waals surface area contributed by atoms with Gasteiger partial charge in [0.05, 0.1) is 25.5 Å². The number of alkyl halides is 3. The number of aromatic nitrogens is 2. The van der Waals surface area contributed by atoms with Gasteiger partial charge in [-0.25, -0.2) is 9.97 Å². The van der Waals surface area contributed by atoms with Crippen LogP contribution in [0.2, 0.25) is 0 Å². The molecule has 10 heteroatoms. The Morgan fingerprint density at radius 1 is 1.24 bits per heavy atom. The molecule has 134 valence electrons. The molecule has 0 saturated carbocycles. The first-order valence-corrected chi connectivity index (χ1v) is 8.04. The highest BCUT2D eigenvalue weighted by molar-refractivity contribution is 7.98. The molecule has 0 unspecified atom stereocenters. The van der Waals surface area contributed by atoms with Gasteiger partial charge >= 0.3 is 6.18 Å². The fourth-order valence-electron chi connectivity index (χ4n) is 1.94. The molecule has 6 nitrogen and oxygen atoms in total. The van der Waals surface area contributed by atoms with E-state index in [1.165, 1.54) is 38.7 Å². The number of carbonyl (C=O) groups excluding carboxylic acids is 1. The van der Waals surface area contributed by atoms with Gasteiger partial charge in [-0.15, -0.1) is 0 Å². The van der Waals surface area contributed by atoms with Gasteiger partial charge in [0.25, 0.3) is 5.91 Å². The molecule has 0 radical (unpaired) electrons. The molecule has 0 fully saturated rings. The summed E-state index contributed by atoms with van der Waals surface area (Å²) < 4.78 is 49.7. The highest BCUT2D eigenvalue weighted by atomic mass is 32.2. The molecular formula is C15H14F3N3O3S. The van der Waals surface area contributed by atoms with Crippen molar-refractivity contribution in [1.29, 1.82) is 0 Å². The summed E-state index contributed by atoms with van der Waals surface area (Å²) >= 11 is 0.946. The van der Waals surface area contributed by atoms with E-state index in [-0.39, 0.29) is 16.6 Å². The van der Waals surface area contributed by atoms with Crippen molar-refractivity contribution in [2.45, 2.75) is 11.3 Å². The van der Waals surface area contributed by atoms with Gasteiger partial charge in [0.15, 0.2) is 10.9 Å².